The molecule has 0 atom stereocenters. The predicted octanol–water partition coefficient (Wildman–Crippen LogP) is 18.5. The van der Waals surface area contributed by atoms with E-state index in [9.17, 15) is 0 Å². The lowest BCUT2D eigenvalue weighted by molar-refractivity contribution is 1.31. The Morgan fingerprint density at radius 3 is 1.11 bits per heavy atom. The molecule has 73 heavy (non-hydrogen) atoms. The fraction of sp³-hybridized carbons (Fsp3) is 0.0143. The van der Waals surface area contributed by atoms with Crippen LogP contribution in [-0.4, -0.2) is 15.0 Å². The number of hydrogen-bond donors (Lipinski definition) is 0. The summed E-state index contributed by atoms with van der Waals surface area (Å²) in [7, 11) is 0. The molecule has 0 N–H and O–H groups in total. The first kappa shape index (κ1) is 44.6. The van der Waals surface area contributed by atoms with Crippen LogP contribution in [0.15, 0.2) is 279 Å². The van der Waals surface area contributed by atoms with Gasteiger partial charge < -0.3 is 0 Å². The van der Waals surface area contributed by atoms with Crippen molar-refractivity contribution in [1.29, 1.82) is 0 Å². The third-order valence-electron chi connectivity index (χ3n) is 13.8. The molecule has 0 saturated heterocycles. The quantitative estimate of drug-likeness (QED) is 0.130. The summed E-state index contributed by atoms with van der Waals surface area (Å²) in [5, 5.41) is 0. The molecular weight excluding hydrogens is 883 g/mol. The molecule has 12 rings (SSSR count). The largest absolute Gasteiger partial charge is 0.256 e. The highest BCUT2D eigenvalue weighted by Gasteiger charge is 2.14. The van der Waals surface area contributed by atoms with E-state index in [2.05, 4.69) is 255 Å². The Hall–Kier alpha value is -9.57. The highest BCUT2D eigenvalue weighted by atomic mass is 14.7. The van der Waals surface area contributed by atoms with Crippen LogP contribution < -0.4 is 0 Å². The van der Waals surface area contributed by atoms with E-state index in [1.54, 1.807) is 0 Å². The number of aromatic nitrogens is 3. The number of hydrogen-bond acceptors (Lipinski definition) is 3. The summed E-state index contributed by atoms with van der Waals surface area (Å²) in [6.07, 6.45) is 5.76. The second kappa shape index (κ2) is 20.0. The van der Waals surface area contributed by atoms with Crippen LogP contribution in [0.25, 0.3) is 123 Å². The Bertz CT molecular complexity index is 3910. The van der Waals surface area contributed by atoms with Crippen molar-refractivity contribution in [3.8, 4) is 123 Å². The van der Waals surface area contributed by atoms with Crippen LogP contribution in [0.4, 0.5) is 0 Å². The number of nitrogens with zero attached hydrogens (tertiary/aromatic N) is 3. The first-order chi connectivity index (χ1) is 36.1. The van der Waals surface area contributed by atoms with Crippen LogP contribution in [0.1, 0.15) is 5.56 Å². The van der Waals surface area contributed by atoms with Crippen molar-refractivity contribution in [3.05, 3.63) is 285 Å². The molecule has 0 spiro atoms. The van der Waals surface area contributed by atoms with Crippen molar-refractivity contribution in [2.24, 2.45) is 0 Å². The first-order valence-corrected chi connectivity index (χ1v) is 24.8. The fourth-order valence-corrected chi connectivity index (χ4v) is 10.0. The van der Waals surface area contributed by atoms with Crippen molar-refractivity contribution >= 4 is 0 Å². The molecule has 3 heterocycles. The molecule has 0 aliphatic carbocycles. The van der Waals surface area contributed by atoms with Crippen LogP contribution in [-0.2, 0) is 0 Å². The van der Waals surface area contributed by atoms with E-state index >= 15 is 0 Å². The van der Waals surface area contributed by atoms with Crippen LogP contribution in [0.2, 0.25) is 0 Å². The van der Waals surface area contributed by atoms with Gasteiger partial charge in [0.1, 0.15) is 0 Å². The third-order valence-corrected chi connectivity index (χ3v) is 13.8. The Balaban J connectivity index is 0.806. The van der Waals surface area contributed by atoms with Gasteiger partial charge in [-0.25, -0.2) is 0 Å². The SMILES string of the molecule is Cc1ccccc1-c1ccc(-c2cccc(-c3cccc(-c4ccccc4-c4ccnc(-c5cccc(-c6ccccc6-c6cccc(-c7cccc(-c8ccc(-c9ccccn9)cc8)c7)c6)c5)c4)c3)c2)cn1. The lowest BCUT2D eigenvalue weighted by Gasteiger charge is -2.14. The Kier molecular flexibility index (Phi) is 12.2. The zero-order valence-corrected chi connectivity index (χ0v) is 40.4. The van der Waals surface area contributed by atoms with Gasteiger partial charge >= 0.3 is 0 Å². The molecule has 3 heteroatoms. The monoisotopic (exact) mass is 931 g/mol. The molecule has 0 aliphatic rings. The van der Waals surface area contributed by atoms with Crippen LogP contribution in [0.5, 0.6) is 0 Å². The standard InChI is InChI=1S/C70H49N3/c1-48-15-2-3-26-63(48)69-37-36-62(47-73-69)56-21-11-18-53(42-56)55-20-13-23-58(44-55)65-28-6-7-30-67(65)60-38-40-72-70(46-60)61-25-14-24-59(45-61)66-29-5-4-27-64(66)57-22-12-19-54(43-57)52-17-10-16-51(41-52)49-32-34-50(35-33-49)68-31-8-9-39-71-68/h2-47H,1H3. The number of pyridine rings is 3. The minimum atomic E-state index is 0.923. The fourth-order valence-electron chi connectivity index (χ4n) is 10.0. The summed E-state index contributed by atoms with van der Waals surface area (Å²) >= 11 is 0. The Morgan fingerprint density at radius 1 is 0.205 bits per heavy atom. The Morgan fingerprint density at radius 2 is 0.603 bits per heavy atom. The summed E-state index contributed by atoms with van der Waals surface area (Å²) in [5.41, 5.74) is 25.9. The van der Waals surface area contributed by atoms with E-state index in [1.807, 2.05) is 36.8 Å². The van der Waals surface area contributed by atoms with Crippen molar-refractivity contribution in [2.45, 2.75) is 6.92 Å². The van der Waals surface area contributed by atoms with Crippen LogP contribution >= 0.6 is 0 Å². The normalized spacial score (nSPS) is 11.1. The minimum absolute atomic E-state index is 0.923. The molecule has 9 aromatic carbocycles. The average Bonchev–Trinajstić information content (AvgIpc) is 3.48. The third kappa shape index (κ3) is 9.44. The van der Waals surface area contributed by atoms with Gasteiger partial charge in [-0.15, -0.1) is 0 Å². The summed E-state index contributed by atoms with van der Waals surface area (Å²) in [6, 6.07) is 93.2. The van der Waals surface area contributed by atoms with Crippen LogP contribution in [0, 0.1) is 6.92 Å². The highest BCUT2D eigenvalue weighted by molar-refractivity contribution is 5.89. The van der Waals surface area contributed by atoms with Gasteiger partial charge in [-0.1, -0.05) is 200 Å². The van der Waals surface area contributed by atoms with E-state index < -0.39 is 0 Å². The molecule has 3 aromatic heterocycles. The van der Waals surface area contributed by atoms with Gasteiger partial charge in [-0.2, -0.15) is 0 Å². The lowest BCUT2D eigenvalue weighted by atomic mass is 9.90. The lowest BCUT2D eigenvalue weighted by Crippen LogP contribution is -1.90. The first-order valence-electron chi connectivity index (χ1n) is 24.8. The van der Waals surface area contributed by atoms with Gasteiger partial charge in [0.15, 0.2) is 0 Å². The second-order valence-electron chi connectivity index (χ2n) is 18.5. The summed E-state index contributed by atoms with van der Waals surface area (Å²) in [6.45, 7) is 2.13. The van der Waals surface area contributed by atoms with Gasteiger partial charge in [0.05, 0.1) is 17.1 Å². The number of rotatable bonds is 11. The molecule has 0 amide bonds. The van der Waals surface area contributed by atoms with E-state index in [-0.39, 0.29) is 0 Å². The minimum Gasteiger partial charge on any atom is -0.256 e. The summed E-state index contributed by atoms with van der Waals surface area (Å²) in [5.74, 6) is 0. The molecule has 0 fully saturated rings. The molecule has 344 valence electrons. The molecule has 12 aromatic rings. The molecule has 0 radical (unpaired) electrons. The summed E-state index contributed by atoms with van der Waals surface area (Å²) < 4.78 is 0. The molecular formula is C70H49N3. The van der Waals surface area contributed by atoms with Gasteiger partial charge in [-0.05, 0) is 157 Å². The van der Waals surface area contributed by atoms with Crippen LogP contribution in [0.3, 0.4) is 0 Å². The second-order valence-corrected chi connectivity index (χ2v) is 18.5. The predicted molar refractivity (Wildman–Crippen MR) is 304 cm³/mol. The average molecular weight is 932 g/mol. The zero-order chi connectivity index (χ0) is 48.9. The van der Waals surface area contributed by atoms with E-state index in [0.717, 1.165) is 78.3 Å². The number of aryl methyl sites for hydroxylation is 1. The summed E-state index contributed by atoms with van der Waals surface area (Å²) in [4.78, 5) is 14.3. The molecule has 0 unspecified atom stereocenters. The molecule has 0 aliphatic heterocycles. The van der Waals surface area contributed by atoms with Crippen molar-refractivity contribution < 1.29 is 0 Å². The maximum absolute atomic E-state index is 4.95. The van der Waals surface area contributed by atoms with Crippen molar-refractivity contribution in [2.75, 3.05) is 0 Å². The van der Waals surface area contributed by atoms with E-state index in [1.165, 1.54) is 50.1 Å². The Labute approximate surface area is 427 Å². The molecule has 0 saturated carbocycles. The maximum atomic E-state index is 4.95. The van der Waals surface area contributed by atoms with E-state index in [4.69, 9.17) is 9.97 Å². The molecule has 3 nitrogen and oxygen atoms in total. The smallest absolute Gasteiger partial charge is 0.0708 e. The highest BCUT2D eigenvalue weighted by Crippen LogP contribution is 2.39. The van der Waals surface area contributed by atoms with Gasteiger partial charge in [0.2, 0.25) is 0 Å². The number of benzene rings is 9. The van der Waals surface area contributed by atoms with E-state index in [0.29, 0.717) is 0 Å². The van der Waals surface area contributed by atoms with Gasteiger partial charge in [0, 0.05) is 40.8 Å². The molecule has 0 bridgehead atoms. The van der Waals surface area contributed by atoms with Crippen molar-refractivity contribution in [3.63, 3.8) is 0 Å². The van der Waals surface area contributed by atoms with Gasteiger partial charge in [-0.3, -0.25) is 15.0 Å². The van der Waals surface area contributed by atoms with Crippen molar-refractivity contribution in [1.82, 2.24) is 15.0 Å². The maximum Gasteiger partial charge on any atom is 0.0708 e. The van der Waals surface area contributed by atoms with Gasteiger partial charge in [0.25, 0.3) is 0 Å². The topological polar surface area (TPSA) is 38.7 Å². The zero-order valence-electron chi connectivity index (χ0n) is 40.4.